The number of hydrogen-bond acceptors (Lipinski definition) is 7. The Morgan fingerprint density at radius 2 is 1.88 bits per heavy atom. The summed E-state index contributed by atoms with van der Waals surface area (Å²) >= 11 is 0. The molecule has 8 heteroatoms. The summed E-state index contributed by atoms with van der Waals surface area (Å²) < 4.78 is 18.8. The van der Waals surface area contributed by atoms with E-state index in [1.807, 2.05) is 24.3 Å². The van der Waals surface area contributed by atoms with Gasteiger partial charge in [-0.05, 0) is 43.0 Å². The van der Waals surface area contributed by atoms with Crippen molar-refractivity contribution in [3.63, 3.8) is 0 Å². The number of fused-ring (bicyclic) bond motifs is 2. The molecule has 0 saturated carbocycles. The van der Waals surface area contributed by atoms with Crippen LogP contribution in [0, 0.1) is 11.3 Å². The minimum Gasteiger partial charge on any atom is -0.484 e. The quantitative estimate of drug-likeness (QED) is 0.472. The zero-order chi connectivity index (χ0) is 22.1. The Morgan fingerprint density at radius 3 is 2.62 bits per heavy atom. The van der Waals surface area contributed by atoms with E-state index in [4.69, 9.17) is 19.5 Å². The van der Waals surface area contributed by atoms with Crippen LogP contribution in [0.2, 0.25) is 0 Å². The summed E-state index contributed by atoms with van der Waals surface area (Å²) in [5.74, 6) is 1.62. The molecule has 0 saturated heterocycles. The Bertz CT molecular complexity index is 1320. The molecular formula is C24H21N5O3. The second-order valence-electron chi connectivity index (χ2n) is 7.57. The van der Waals surface area contributed by atoms with Crippen molar-refractivity contribution in [2.24, 2.45) is 0 Å². The van der Waals surface area contributed by atoms with E-state index in [9.17, 15) is 0 Å². The zero-order valence-electron chi connectivity index (χ0n) is 17.8. The predicted molar refractivity (Wildman–Crippen MR) is 117 cm³/mol. The highest BCUT2D eigenvalue weighted by Crippen LogP contribution is 2.34. The number of ether oxygens (including phenoxy) is 3. The number of benzene rings is 1. The molecule has 8 nitrogen and oxygen atoms in total. The standard InChI is InChI=1S/C24H21N5O3/c1-30-22-9-18(10-23(28-22)31-2)29-20-11-19(7-6-17(20)14-27-29)32-21-5-3-4-16-8-15(12-25)13-26-24(16)21/h6-11,13-14,21H,3-5H2,1-2H3. The Morgan fingerprint density at radius 1 is 1.06 bits per heavy atom. The third-order valence-electron chi connectivity index (χ3n) is 5.59. The lowest BCUT2D eigenvalue weighted by molar-refractivity contribution is 0.178. The lowest BCUT2D eigenvalue weighted by Crippen LogP contribution is -2.17. The zero-order valence-corrected chi connectivity index (χ0v) is 17.8. The average molecular weight is 427 g/mol. The van der Waals surface area contributed by atoms with Crippen LogP contribution in [-0.4, -0.2) is 34.0 Å². The number of nitriles is 1. The van der Waals surface area contributed by atoms with Crippen LogP contribution in [0.25, 0.3) is 16.6 Å². The van der Waals surface area contributed by atoms with Crippen molar-refractivity contribution in [3.05, 3.63) is 65.6 Å². The van der Waals surface area contributed by atoms with E-state index in [1.165, 1.54) is 0 Å². The molecule has 0 fully saturated rings. The number of rotatable bonds is 5. The van der Waals surface area contributed by atoms with E-state index in [0.29, 0.717) is 17.3 Å². The topological polar surface area (TPSA) is 95.1 Å². The van der Waals surface area contributed by atoms with Crippen molar-refractivity contribution in [1.29, 1.82) is 5.26 Å². The number of aromatic nitrogens is 4. The van der Waals surface area contributed by atoms with Gasteiger partial charge in [-0.25, -0.2) is 4.68 Å². The van der Waals surface area contributed by atoms with Gasteiger partial charge in [0.2, 0.25) is 11.8 Å². The third kappa shape index (κ3) is 3.58. The molecule has 4 aromatic rings. The maximum Gasteiger partial charge on any atom is 0.218 e. The maximum atomic E-state index is 9.16. The number of methoxy groups -OCH3 is 2. The van der Waals surface area contributed by atoms with E-state index in [-0.39, 0.29) is 6.10 Å². The van der Waals surface area contributed by atoms with Crippen LogP contribution in [0.1, 0.15) is 35.8 Å². The molecule has 3 aromatic heterocycles. The van der Waals surface area contributed by atoms with Gasteiger partial charge in [-0.1, -0.05) is 0 Å². The van der Waals surface area contributed by atoms with Crippen molar-refractivity contribution < 1.29 is 14.2 Å². The smallest absolute Gasteiger partial charge is 0.218 e. The first-order valence-corrected chi connectivity index (χ1v) is 10.3. The molecule has 1 aliphatic carbocycles. The Balaban J connectivity index is 1.50. The van der Waals surface area contributed by atoms with Gasteiger partial charge < -0.3 is 14.2 Å². The Labute approximate surface area is 185 Å². The molecule has 32 heavy (non-hydrogen) atoms. The van der Waals surface area contributed by atoms with Crippen LogP contribution >= 0.6 is 0 Å². The Kier molecular flexibility index (Phi) is 5.07. The maximum absolute atomic E-state index is 9.16. The molecule has 0 radical (unpaired) electrons. The van der Waals surface area contributed by atoms with Gasteiger partial charge in [-0.3, -0.25) is 4.98 Å². The van der Waals surface area contributed by atoms with Gasteiger partial charge in [-0.15, -0.1) is 0 Å². The number of nitrogens with zero attached hydrogens (tertiary/aromatic N) is 5. The van der Waals surface area contributed by atoms with Gasteiger partial charge >= 0.3 is 0 Å². The highest BCUT2D eigenvalue weighted by Gasteiger charge is 2.24. The monoisotopic (exact) mass is 427 g/mol. The average Bonchev–Trinajstić information content (AvgIpc) is 3.26. The molecule has 0 bridgehead atoms. The first-order chi connectivity index (χ1) is 15.7. The number of pyridine rings is 2. The van der Waals surface area contributed by atoms with Gasteiger partial charge in [-0.2, -0.15) is 15.3 Å². The fourth-order valence-corrected chi connectivity index (χ4v) is 4.04. The van der Waals surface area contributed by atoms with Crippen molar-refractivity contribution >= 4 is 10.9 Å². The second-order valence-corrected chi connectivity index (χ2v) is 7.57. The number of hydrogen-bond donors (Lipinski definition) is 0. The summed E-state index contributed by atoms with van der Waals surface area (Å²) in [4.78, 5) is 8.78. The van der Waals surface area contributed by atoms with Gasteiger partial charge in [0.15, 0.2) is 0 Å². The van der Waals surface area contributed by atoms with Crippen molar-refractivity contribution in [1.82, 2.24) is 19.7 Å². The molecule has 0 amide bonds. The van der Waals surface area contributed by atoms with Gasteiger partial charge in [0.1, 0.15) is 17.9 Å². The minimum atomic E-state index is -0.151. The molecule has 5 rings (SSSR count). The summed E-state index contributed by atoms with van der Waals surface area (Å²) in [7, 11) is 3.13. The van der Waals surface area contributed by atoms with Crippen LogP contribution in [0.3, 0.4) is 0 Å². The Hall–Kier alpha value is -4.12. The molecule has 0 aliphatic heterocycles. The van der Waals surface area contributed by atoms with Crippen LogP contribution in [0.4, 0.5) is 0 Å². The minimum absolute atomic E-state index is 0.151. The molecule has 1 aromatic carbocycles. The lowest BCUT2D eigenvalue weighted by Gasteiger charge is -2.25. The molecule has 0 spiro atoms. The van der Waals surface area contributed by atoms with Crippen molar-refractivity contribution in [3.8, 4) is 29.3 Å². The first-order valence-electron chi connectivity index (χ1n) is 10.3. The highest BCUT2D eigenvalue weighted by atomic mass is 16.5. The summed E-state index contributed by atoms with van der Waals surface area (Å²) in [6.07, 6.45) is 6.05. The van der Waals surface area contributed by atoms with E-state index in [0.717, 1.165) is 52.9 Å². The van der Waals surface area contributed by atoms with E-state index in [1.54, 1.807) is 43.4 Å². The van der Waals surface area contributed by atoms with Crippen molar-refractivity contribution in [2.45, 2.75) is 25.4 Å². The van der Waals surface area contributed by atoms with Crippen LogP contribution < -0.4 is 14.2 Å². The largest absolute Gasteiger partial charge is 0.484 e. The predicted octanol–water partition coefficient (Wildman–Crippen LogP) is 4.16. The lowest BCUT2D eigenvalue weighted by atomic mass is 9.93. The molecule has 1 unspecified atom stereocenters. The summed E-state index contributed by atoms with van der Waals surface area (Å²) in [6.45, 7) is 0. The highest BCUT2D eigenvalue weighted by molar-refractivity contribution is 5.81. The third-order valence-corrected chi connectivity index (χ3v) is 5.59. The molecule has 1 aliphatic rings. The summed E-state index contributed by atoms with van der Waals surface area (Å²) in [6, 6.07) is 13.6. The number of aryl methyl sites for hydroxylation is 1. The van der Waals surface area contributed by atoms with Crippen LogP contribution in [0.15, 0.2) is 48.8 Å². The summed E-state index contributed by atoms with van der Waals surface area (Å²) in [5, 5.41) is 14.7. The van der Waals surface area contributed by atoms with Gasteiger partial charge in [0, 0.05) is 29.8 Å². The van der Waals surface area contributed by atoms with Gasteiger partial charge in [0.05, 0.1) is 42.9 Å². The second kappa shape index (κ2) is 8.19. The van der Waals surface area contributed by atoms with Gasteiger partial charge in [0.25, 0.3) is 0 Å². The molecular weight excluding hydrogens is 406 g/mol. The molecule has 160 valence electrons. The normalized spacial score (nSPS) is 15.1. The summed E-state index contributed by atoms with van der Waals surface area (Å²) in [5.41, 5.74) is 4.24. The van der Waals surface area contributed by atoms with E-state index < -0.39 is 0 Å². The molecule has 0 N–H and O–H groups in total. The van der Waals surface area contributed by atoms with Crippen LogP contribution in [0.5, 0.6) is 17.5 Å². The van der Waals surface area contributed by atoms with E-state index in [2.05, 4.69) is 21.1 Å². The fourth-order valence-electron chi connectivity index (χ4n) is 4.04. The SMILES string of the molecule is COc1cc(-n2ncc3ccc(OC4CCCc5cc(C#N)cnc54)cc32)cc(OC)n1. The first kappa shape index (κ1) is 19.8. The molecule has 3 heterocycles. The van der Waals surface area contributed by atoms with E-state index >= 15 is 0 Å². The van der Waals surface area contributed by atoms with Crippen LogP contribution in [-0.2, 0) is 6.42 Å². The fraction of sp³-hybridized carbons (Fsp3) is 0.250. The van der Waals surface area contributed by atoms with Crippen molar-refractivity contribution in [2.75, 3.05) is 14.2 Å². The molecule has 1 atom stereocenters.